The van der Waals surface area contributed by atoms with Crippen molar-refractivity contribution < 1.29 is 14.7 Å². The van der Waals surface area contributed by atoms with Crippen molar-refractivity contribution in [2.24, 2.45) is 0 Å². The molecule has 116 valence electrons. The topological polar surface area (TPSA) is 81.7 Å². The molecule has 0 bridgehead atoms. The number of para-hydroxylation sites is 1. The van der Waals surface area contributed by atoms with E-state index < -0.39 is 5.97 Å². The van der Waals surface area contributed by atoms with Gasteiger partial charge >= 0.3 is 12.0 Å². The second kappa shape index (κ2) is 8.84. The smallest absolute Gasteiger partial charge is 0.314 e. The molecule has 0 spiro atoms. The Bertz CT molecular complexity index is 477. The van der Waals surface area contributed by atoms with E-state index in [1.807, 2.05) is 12.1 Å². The van der Waals surface area contributed by atoms with Gasteiger partial charge in [0.25, 0.3) is 0 Å². The number of carboxylic acids is 1. The van der Waals surface area contributed by atoms with Crippen LogP contribution in [0.2, 0.25) is 0 Å². The van der Waals surface area contributed by atoms with Crippen LogP contribution in [-0.4, -0.2) is 43.3 Å². The maximum Gasteiger partial charge on any atom is 0.314 e. The average molecular weight is 293 g/mol. The summed E-state index contributed by atoms with van der Waals surface area (Å²) >= 11 is 0. The molecule has 6 nitrogen and oxygen atoms in total. The van der Waals surface area contributed by atoms with Gasteiger partial charge < -0.3 is 20.6 Å². The van der Waals surface area contributed by atoms with Crippen LogP contribution in [0.5, 0.6) is 0 Å². The number of rotatable bonds is 8. The van der Waals surface area contributed by atoms with E-state index in [0.717, 1.165) is 12.2 Å². The predicted octanol–water partition coefficient (Wildman–Crippen LogP) is 1.60. The number of carbonyl (C=O) groups excluding carboxylic acids is 1. The molecule has 0 aliphatic rings. The zero-order valence-corrected chi connectivity index (χ0v) is 12.6. The molecule has 21 heavy (non-hydrogen) atoms. The second-order valence-electron chi connectivity index (χ2n) is 4.69. The van der Waals surface area contributed by atoms with Gasteiger partial charge in [0.2, 0.25) is 0 Å². The number of nitrogens with zero attached hydrogens (tertiary/aromatic N) is 1. The third kappa shape index (κ3) is 6.16. The predicted molar refractivity (Wildman–Crippen MR) is 82.7 cm³/mol. The normalized spacial score (nSPS) is 10.0. The van der Waals surface area contributed by atoms with Crippen LogP contribution in [-0.2, 0) is 4.79 Å². The molecule has 0 aliphatic carbocycles. The highest BCUT2D eigenvalue weighted by molar-refractivity contribution is 5.75. The zero-order chi connectivity index (χ0) is 15.7. The summed E-state index contributed by atoms with van der Waals surface area (Å²) in [5.41, 5.74) is 2.36. The Labute approximate surface area is 125 Å². The first-order valence-corrected chi connectivity index (χ1v) is 7.08. The summed E-state index contributed by atoms with van der Waals surface area (Å²) < 4.78 is 0. The van der Waals surface area contributed by atoms with E-state index >= 15 is 0 Å². The van der Waals surface area contributed by atoms with Crippen LogP contribution in [0.15, 0.2) is 24.3 Å². The van der Waals surface area contributed by atoms with E-state index in [-0.39, 0.29) is 19.0 Å². The summed E-state index contributed by atoms with van der Waals surface area (Å²) in [6.45, 7) is 6.32. The summed E-state index contributed by atoms with van der Waals surface area (Å²) in [5.74, 6) is -0.924. The fourth-order valence-corrected chi connectivity index (χ4v) is 2.02. The maximum absolute atomic E-state index is 11.5. The third-order valence-electron chi connectivity index (χ3n) is 3.13. The van der Waals surface area contributed by atoms with Crippen molar-refractivity contribution in [2.75, 3.05) is 31.1 Å². The van der Waals surface area contributed by atoms with Gasteiger partial charge in [-0.3, -0.25) is 4.79 Å². The Kier molecular flexibility index (Phi) is 7.08. The average Bonchev–Trinajstić information content (AvgIpc) is 2.44. The number of carboxylic acid groups (broad SMARTS) is 1. The number of nitrogens with one attached hydrogen (secondary N) is 2. The Morgan fingerprint density at radius 1 is 1.19 bits per heavy atom. The Hall–Kier alpha value is -2.24. The van der Waals surface area contributed by atoms with E-state index in [4.69, 9.17) is 5.11 Å². The molecule has 0 fully saturated rings. The van der Waals surface area contributed by atoms with Crippen molar-refractivity contribution in [1.82, 2.24) is 10.6 Å². The first-order valence-electron chi connectivity index (χ1n) is 7.08. The van der Waals surface area contributed by atoms with Crippen molar-refractivity contribution in [3.63, 3.8) is 0 Å². The Morgan fingerprint density at radius 2 is 1.86 bits per heavy atom. The van der Waals surface area contributed by atoms with E-state index in [0.29, 0.717) is 13.1 Å². The maximum atomic E-state index is 11.5. The Morgan fingerprint density at radius 3 is 2.48 bits per heavy atom. The highest BCUT2D eigenvalue weighted by Crippen LogP contribution is 2.18. The standard InChI is InChI=1S/C15H23N3O3/c1-3-18(13-7-5-4-6-12(13)2)11-10-17-15(21)16-9-8-14(19)20/h4-7H,3,8-11H2,1-2H3,(H,19,20)(H2,16,17,21). The first kappa shape index (κ1) is 16.8. The molecule has 0 atom stereocenters. The van der Waals surface area contributed by atoms with Gasteiger partial charge in [-0.25, -0.2) is 4.79 Å². The van der Waals surface area contributed by atoms with Crippen LogP contribution >= 0.6 is 0 Å². The summed E-state index contributed by atoms with van der Waals surface area (Å²) in [4.78, 5) is 24.0. The summed E-state index contributed by atoms with van der Waals surface area (Å²) in [6, 6.07) is 7.78. The fraction of sp³-hybridized carbons (Fsp3) is 0.467. The van der Waals surface area contributed by atoms with Crippen LogP contribution in [0.4, 0.5) is 10.5 Å². The molecule has 0 aliphatic heterocycles. The van der Waals surface area contributed by atoms with Crippen LogP contribution in [0.25, 0.3) is 0 Å². The molecule has 3 N–H and O–H groups in total. The summed E-state index contributed by atoms with van der Waals surface area (Å²) in [7, 11) is 0. The van der Waals surface area contributed by atoms with E-state index in [2.05, 4.69) is 41.5 Å². The number of hydrogen-bond acceptors (Lipinski definition) is 3. The minimum absolute atomic E-state index is 0.0717. The lowest BCUT2D eigenvalue weighted by Gasteiger charge is -2.25. The van der Waals surface area contributed by atoms with Crippen LogP contribution in [0.1, 0.15) is 18.9 Å². The number of urea groups is 1. The van der Waals surface area contributed by atoms with Crippen molar-refractivity contribution in [3.05, 3.63) is 29.8 Å². The number of anilines is 1. The minimum Gasteiger partial charge on any atom is -0.481 e. The van der Waals surface area contributed by atoms with E-state index in [1.165, 1.54) is 5.56 Å². The second-order valence-corrected chi connectivity index (χ2v) is 4.69. The molecule has 0 saturated heterocycles. The number of benzene rings is 1. The molecule has 1 rings (SSSR count). The number of aliphatic carboxylic acids is 1. The summed E-state index contributed by atoms with van der Waals surface area (Å²) in [5, 5.41) is 13.7. The number of carbonyl (C=O) groups is 2. The highest BCUT2D eigenvalue weighted by atomic mass is 16.4. The molecular formula is C15H23N3O3. The fourth-order valence-electron chi connectivity index (χ4n) is 2.02. The molecule has 2 amide bonds. The van der Waals surface area contributed by atoms with Crippen LogP contribution in [0, 0.1) is 6.92 Å². The quantitative estimate of drug-likeness (QED) is 0.680. The summed E-state index contributed by atoms with van der Waals surface area (Å²) in [6.07, 6.45) is -0.0717. The SMILES string of the molecule is CCN(CCNC(=O)NCCC(=O)O)c1ccccc1C. The van der Waals surface area contributed by atoms with Gasteiger partial charge in [0, 0.05) is 31.9 Å². The lowest BCUT2D eigenvalue weighted by molar-refractivity contribution is -0.136. The van der Waals surface area contributed by atoms with Gasteiger partial charge in [0.05, 0.1) is 6.42 Å². The molecule has 1 aromatic carbocycles. The molecule has 6 heteroatoms. The lowest BCUT2D eigenvalue weighted by atomic mass is 10.2. The van der Waals surface area contributed by atoms with Crippen molar-refractivity contribution in [2.45, 2.75) is 20.3 Å². The monoisotopic (exact) mass is 293 g/mol. The van der Waals surface area contributed by atoms with Crippen molar-refractivity contribution in [1.29, 1.82) is 0 Å². The zero-order valence-electron chi connectivity index (χ0n) is 12.6. The van der Waals surface area contributed by atoms with Crippen LogP contribution < -0.4 is 15.5 Å². The number of aryl methyl sites for hydroxylation is 1. The third-order valence-corrected chi connectivity index (χ3v) is 3.13. The molecule has 0 saturated carbocycles. The van der Waals surface area contributed by atoms with Crippen molar-refractivity contribution >= 4 is 17.7 Å². The molecule has 0 aromatic heterocycles. The van der Waals surface area contributed by atoms with Crippen LogP contribution in [0.3, 0.4) is 0 Å². The Balaban J connectivity index is 2.34. The van der Waals surface area contributed by atoms with E-state index in [1.54, 1.807) is 0 Å². The molecule has 0 radical (unpaired) electrons. The number of hydrogen-bond donors (Lipinski definition) is 3. The van der Waals surface area contributed by atoms with Gasteiger partial charge in [-0.2, -0.15) is 0 Å². The van der Waals surface area contributed by atoms with Gasteiger partial charge in [-0.1, -0.05) is 18.2 Å². The van der Waals surface area contributed by atoms with Gasteiger partial charge in [-0.15, -0.1) is 0 Å². The van der Waals surface area contributed by atoms with Gasteiger partial charge in [0.15, 0.2) is 0 Å². The van der Waals surface area contributed by atoms with Gasteiger partial charge in [0.1, 0.15) is 0 Å². The molecular weight excluding hydrogens is 270 g/mol. The largest absolute Gasteiger partial charge is 0.481 e. The van der Waals surface area contributed by atoms with E-state index in [9.17, 15) is 9.59 Å². The molecule has 1 aromatic rings. The highest BCUT2D eigenvalue weighted by Gasteiger charge is 2.07. The number of amides is 2. The molecule has 0 heterocycles. The molecule has 0 unspecified atom stereocenters. The number of likely N-dealkylation sites (N-methyl/N-ethyl adjacent to an activating group) is 1. The van der Waals surface area contributed by atoms with Gasteiger partial charge in [-0.05, 0) is 25.5 Å². The minimum atomic E-state index is -0.924. The first-order chi connectivity index (χ1) is 10.0. The van der Waals surface area contributed by atoms with Crippen molar-refractivity contribution in [3.8, 4) is 0 Å². The lowest BCUT2D eigenvalue weighted by Crippen LogP contribution is -2.41.